The third-order valence-electron chi connectivity index (χ3n) is 5.94. The van der Waals surface area contributed by atoms with Crippen molar-refractivity contribution in [1.82, 2.24) is 4.57 Å². The summed E-state index contributed by atoms with van der Waals surface area (Å²) in [6.07, 6.45) is 0. The Balaban J connectivity index is 1.20. The Morgan fingerprint density at radius 3 is 2.33 bits per heavy atom. The van der Waals surface area contributed by atoms with E-state index in [4.69, 9.17) is 11.6 Å². The summed E-state index contributed by atoms with van der Waals surface area (Å²) < 4.78 is 2.28. The quantitative estimate of drug-likeness (QED) is 0.222. The van der Waals surface area contributed by atoms with Gasteiger partial charge >= 0.3 is 0 Å². The van der Waals surface area contributed by atoms with Crippen LogP contribution in [0, 0.1) is 0 Å². The van der Waals surface area contributed by atoms with E-state index in [2.05, 4.69) is 40.3 Å². The van der Waals surface area contributed by atoms with Crippen molar-refractivity contribution in [3.63, 3.8) is 0 Å². The van der Waals surface area contributed by atoms with E-state index in [-0.39, 0.29) is 17.6 Å². The van der Waals surface area contributed by atoms with Gasteiger partial charge in [0.05, 0.1) is 5.75 Å². The van der Waals surface area contributed by atoms with Crippen LogP contribution in [-0.2, 0) is 11.3 Å². The predicted octanol–water partition coefficient (Wildman–Crippen LogP) is 7.45. The number of rotatable bonds is 7. The Bertz CT molecular complexity index is 1580. The molecule has 5 nitrogen and oxygen atoms in total. The number of nitrogens with zero attached hydrogens (tertiary/aromatic N) is 1. The summed E-state index contributed by atoms with van der Waals surface area (Å²) >= 11 is 7.40. The fourth-order valence-electron chi connectivity index (χ4n) is 4.29. The van der Waals surface area contributed by atoms with Crippen LogP contribution >= 0.6 is 23.4 Å². The molecule has 2 N–H and O–H groups in total. The number of para-hydroxylation sites is 1. The van der Waals surface area contributed by atoms with Gasteiger partial charge in [0.25, 0.3) is 5.91 Å². The van der Waals surface area contributed by atoms with Gasteiger partial charge in [-0.1, -0.05) is 35.9 Å². The van der Waals surface area contributed by atoms with Crippen molar-refractivity contribution in [2.24, 2.45) is 0 Å². The lowest BCUT2D eigenvalue weighted by molar-refractivity contribution is -0.113. The number of carbonyl (C=O) groups is 2. The number of carbonyl (C=O) groups excluding carboxylic acids is 2. The molecule has 5 rings (SSSR count). The number of thioether (sulfide) groups is 1. The van der Waals surface area contributed by atoms with Crippen LogP contribution in [0.2, 0.25) is 5.02 Å². The molecule has 0 spiro atoms. The number of halogens is 1. The molecule has 0 atom stereocenters. The number of amides is 2. The van der Waals surface area contributed by atoms with E-state index in [0.29, 0.717) is 16.3 Å². The van der Waals surface area contributed by atoms with E-state index in [1.165, 1.54) is 22.7 Å². The van der Waals surface area contributed by atoms with Gasteiger partial charge in [-0.15, -0.1) is 11.8 Å². The second-order valence-electron chi connectivity index (χ2n) is 8.32. The van der Waals surface area contributed by atoms with Crippen LogP contribution in [-0.4, -0.2) is 22.1 Å². The molecule has 1 heterocycles. The van der Waals surface area contributed by atoms with Gasteiger partial charge < -0.3 is 15.2 Å². The van der Waals surface area contributed by atoms with Crippen molar-refractivity contribution in [2.45, 2.75) is 18.4 Å². The minimum Gasteiger partial charge on any atom is -0.341 e. The largest absolute Gasteiger partial charge is 0.341 e. The van der Waals surface area contributed by atoms with Crippen molar-refractivity contribution in [3.8, 4) is 0 Å². The molecule has 0 saturated carbocycles. The number of aromatic nitrogens is 1. The molecule has 0 aliphatic heterocycles. The second-order valence-corrected chi connectivity index (χ2v) is 9.80. The molecule has 0 fully saturated rings. The zero-order valence-electron chi connectivity index (χ0n) is 19.6. The van der Waals surface area contributed by atoms with E-state index in [1.54, 1.807) is 24.3 Å². The van der Waals surface area contributed by atoms with Gasteiger partial charge in [0.2, 0.25) is 5.91 Å². The summed E-state index contributed by atoms with van der Waals surface area (Å²) in [5.41, 5.74) is 4.31. The van der Waals surface area contributed by atoms with Crippen molar-refractivity contribution < 1.29 is 9.59 Å². The van der Waals surface area contributed by atoms with Crippen molar-refractivity contribution in [1.29, 1.82) is 0 Å². The van der Waals surface area contributed by atoms with Crippen LogP contribution in [0.5, 0.6) is 0 Å². The molecule has 0 radical (unpaired) electrons. The molecule has 0 aliphatic rings. The zero-order valence-corrected chi connectivity index (χ0v) is 21.2. The highest BCUT2D eigenvalue weighted by molar-refractivity contribution is 8.00. The molecular weight excluding hydrogens is 490 g/mol. The highest BCUT2D eigenvalue weighted by atomic mass is 35.5. The van der Waals surface area contributed by atoms with E-state index >= 15 is 0 Å². The minimum absolute atomic E-state index is 0.0723. The molecule has 0 saturated heterocycles. The minimum atomic E-state index is -0.226. The number of nitrogens with one attached hydrogen (secondary N) is 2. The summed E-state index contributed by atoms with van der Waals surface area (Å²) in [5.74, 6) is -0.0172. The molecule has 0 bridgehead atoms. The first-order chi connectivity index (χ1) is 17.5. The molecule has 4 aromatic carbocycles. The molecule has 0 unspecified atom stereocenters. The zero-order chi connectivity index (χ0) is 25.1. The monoisotopic (exact) mass is 513 g/mol. The lowest BCUT2D eigenvalue weighted by atomic mass is 10.1. The number of fused-ring (bicyclic) bond motifs is 3. The van der Waals surface area contributed by atoms with E-state index in [0.717, 1.165) is 28.0 Å². The highest BCUT2D eigenvalue weighted by Gasteiger charge is 2.11. The average molecular weight is 514 g/mol. The topological polar surface area (TPSA) is 63.1 Å². The van der Waals surface area contributed by atoms with Crippen molar-refractivity contribution in [3.05, 3.63) is 102 Å². The third kappa shape index (κ3) is 5.10. The standard InChI is InChI=1S/C29H24ClN3O2S/c1-2-33-26-9-4-3-8-24(26)25-17-22(12-15-27(25)33)31-28(34)18-36-23-13-10-21(11-14-23)32-29(35)19-6-5-7-20(30)16-19/h3-17H,2,18H2,1H3,(H,31,34)(H,32,35). The number of hydrogen-bond acceptors (Lipinski definition) is 3. The van der Waals surface area contributed by atoms with Gasteiger partial charge in [0.1, 0.15) is 0 Å². The summed E-state index contributed by atoms with van der Waals surface area (Å²) in [4.78, 5) is 26.0. The van der Waals surface area contributed by atoms with Gasteiger partial charge in [0, 0.05) is 55.2 Å². The molecule has 36 heavy (non-hydrogen) atoms. The number of anilines is 2. The molecule has 1 aromatic heterocycles. The number of hydrogen-bond donors (Lipinski definition) is 2. The Hall–Kier alpha value is -3.74. The molecule has 0 aliphatic carbocycles. The smallest absolute Gasteiger partial charge is 0.255 e. The maximum Gasteiger partial charge on any atom is 0.255 e. The van der Waals surface area contributed by atoms with Gasteiger partial charge in [-0.05, 0) is 73.7 Å². The maximum atomic E-state index is 12.6. The fraction of sp³-hybridized carbons (Fsp3) is 0.103. The average Bonchev–Trinajstić information content (AvgIpc) is 3.21. The first-order valence-corrected chi connectivity index (χ1v) is 13.0. The fourth-order valence-corrected chi connectivity index (χ4v) is 5.17. The Morgan fingerprint density at radius 1 is 0.806 bits per heavy atom. The first-order valence-electron chi connectivity index (χ1n) is 11.6. The molecule has 2 amide bonds. The molecule has 7 heteroatoms. The summed E-state index contributed by atoms with van der Waals surface area (Å²) in [6, 6.07) is 28.6. The summed E-state index contributed by atoms with van der Waals surface area (Å²) in [5, 5.41) is 8.70. The van der Waals surface area contributed by atoms with E-state index in [1.807, 2.05) is 48.5 Å². The lowest BCUT2D eigenvalue weighted by Gasteiger charge is -2.08. The van der Waals surface area contributed by atoms with Gasteiger partial charge in [0.15, 0.2) is 0 Å². The van der Waals surface area contributed by atoms with Crippen LogP contribution in [0.4, 0.5) is 11.4 Å². The first kappa shape index (κ1) is 24.0. The SMILES string of the molecule is CCn1c2ccccc2c2cc(NC(=O)CSc3ccc(NC(=O)c4cccc(Cl)c4)cc3)ccc21. The van der Waals surface area contributed by atoms with E-state index in [9.17, 15) is 9.59 Å². The van der Waals surface area contributed by atoms with Crippen LogP contribution in [0.25, 0.3) is 21.8 Å². The maximum absolute atomic E-state index is 12.6. The van der Waals surface area contributed by atoms with Gasteiger partial charge in [-0.3, -0.25) is 9.59 Å². The highest BCUT2D eigenvalue weighted by Crippen LogP contribution is 2.31. The Kier molecular flexibility index (Phi) is 6.98. The molecular formula is C29H24ClN3O2S. The number of benzene rings is 4. The number of aryl methyl sites for hydroxylation is 1. The molecule has 180 valence electrons. The van der Waals surface area contributed by atoms with Gasteiger partial charge in [-0.25, -0.2) is 0 Å². The Morgan fingerprint density at radius 2 is 1.56 bits per heavy atom. The van der Waals surface area contributed by atoms with Crippen LogP contribution < -0.4 is 10.6 Å². The van der Waals surface area contributed by atoms with Crippen molar-refractivity contribution in [2.75, 3.05) is 16.4 Å². The van der Waals surface area contributed by atoms with Gasteiger partial charge in [-0.2, -0.15) is 0 Å². The van der Waals surface area contributed by atoms with Crippen LogP contribution in [0.15, 0.2) is 95.9 Å². The van der Waals surface area contributed by atoms with Crippen molar-refractivity contribution >= 4 is 68.4 Å². The van der Waals surface area contributed by atoms with E-state index < -0.39 is 0 Å². The summed E-state index contributed by atoms with van der Waals surface area (Å²) in [7, 11) is 0. The van der Waals surface area contributed by atoms with Crippen LogP contribution in [0.3, 0.4) is 0 Å². The van der Waals surface area contributed by atoms with Crippen LogP contribution in [0.1, 0.15) is 17.3 Å². The summed E-state index contributed by atoms with van der Waals surface area (Å²) in [6.45, 7) is 3.02. The normalized spacial score (nSPS) is 11.1. The second kappa shape index (κ2) is 10.5. The molecule has 5 aromatic rings. The lowest BCUT2D eigenvalue weighted by Crippen LogP contribution is -2.14. The Labute approximate surface area is 218 Å². The third-order valence-corrected chi connectivity index (χ3v) is 7.19. The predicted molar refractivity (Wildman–Crippen MR) is 150 cm³/mol.